The van der Waals surface area contributed by atoms with Crippen molar-refractivity contribution >= 4 is 5.91 Å². The van der Waals surface area contributed by atoms with E-state index < -0.39 is 0 Å². The Balaban J connectivity index is 1.55. The van der Waals surface area contributed by atoms with Crippen molar-refractivity contribution in [3.05, 3.63) is 29.8 Å². The molecule has 2 fully saturated rings. The minimum absolute atomic E-state index is 0.121. The van der Waals surface area contributed by atoms with Gasteiger partial charge in [-0.2, -0.15) is 0 Å². The van der Waals surface area contributed by atoms with Crippen LogP contribution in [0.2, 0.25) is 0 Å². The van der Waals surface area contributed by atoms with Gasteiger partial charge in [0, 0.05) is 45.3 Å². The SMILES string of the molecule is COc1cccc(C(C)N2CCN(C(=O)C3CNCCO3)CC2)c1. The third-order valence-corrected chi connectivity index (χ3v) is 4.95. The molecule has 0 aliphatic carbocycles. The summed E-state index contributed by atoms with van der Waals surface area (Å²) in [5, 5.41) is 3.22. The zero-order valence-electron chi connectivity index (χ0n) is 14.5. The fourth-order valence-electron chi connectivity index (χ4n) is 3.37. The summed E-state index contributed by atoms with van der Waals surface area (Å²) in [5.41, 5.74) is 1.24. The number of nitrogens with one attached hydrogen (secondary N) is 1. The summed E-state index contributed by atoms with van der Waals surface area (Å²) in [5.74, 6) is 1.01. The quantitative estimate of drug-likeness (QED) is 0.887. The third-order valence-electron chi connectivity index (χ3n) is 4.95. The number of morpholine rings is 1. The van der Waals surface area contributed by atoms with Crippen LogP contribution < -0.4 is 10.1 Å². The van der Waals surface area contributed by atoms with E-state index in [4.69, 9.17) is 9.47 Å². The van der Waals surface area contributed by atoms with Gasteiger partial charge in [-0.1, -0.05) is 12.1 Å². The van der Waals surface area contributed by atoms with Crippen LogP contribution >= 0.6 is 0 Å². The van der Waals surface area contributed by atoms with Crippen molar-refractivity contribution in [3.8, 4) is 5.75 Å². The minimum Gasteiger partial charge on any atom is -0.497 e. The summed E-state index contributed by atoms with van der Waals surface area (Å²) in [6.07, 6.45) is -0.318. The lowest BCUT2D eigenvalue weighted by molar-refractivity contribution is -0.147. The number of rotatable bonds is 4. The van der Waals surface area contributed by atoms with Gasteiger partial charge in [0.05, 0.1) is 13.7 Å². The maximum absolute atomic E-state index is 12.5. The summed E-state index contributed by atoms with van der Waals surface area (Å²) in [4.78, 5) is 16.9. The lowest BCUT2D eigenvalue weighted by Gasteiger charge is -2.39. The van der Waals surface area contributed by atoms with Crippen LogP contribution in [-0.4, -0.2) is 74.8 Å². The first kappa shape index (κ1) is 17.2. The number of amides is 1. The van der Waals surface area contributed by atoms with Gasteiger partial charge in [-0.3, -0.25) is 9.69 Å². The first-order valence-electron chi connectivity index (χ1n) is 8.68. The van der Waals surface area contributed by atoms with Crippen molar-refractivity contribution in [2.24, 2.45) is 0 Å². The van der Waals surface area contributed by atoms with E-state index in [1.165, 1.54) is 5.56 Å². The monoisotopic (exact) mass is 333 g/mol. The Morgan fingerprint density at radius 1 is 1.33 bits per heavy atom. The Hall–Kier alpha value is -1.63. The number of ether oxygens (including phenoxy) is 2. The number of nitrogens with zero attached hydrogens (tertiary/aromatic N) is 2. The molecule has 1 N–H and O–H groups in total. The summed E-state index contributed by atoms with van der Waals surface area (Å²) in [6.45, 7) is 7.55. The summed E-state index contributed by atoms with van der Waals surface area (Å²) in [7, 11) is 1.69. The van der Waals surface area contributed by atoms with Crippen molar-refractivity contribution in [1.29, 1.82) is 0 Å². The van der Waals surface area contributed by atoms with E-state index in [1.54, 1.807) is 7.11 Å². The van der Waals surface area contributed by atoms with Crippen LogP contribution in [0.15, 0.2) is 24.3 Å². The van der Waals surface area contributed by atoms with E-state index >= 15 is 0 Å². The molecule has 6 nitrogen and oxygen atoms in total. The molecular formula is C18H27N3O3. The molecule has 1 aromatic rings. The van der Waals surface area contributed by atoms with Gasteiger partial charge in [-0.25, -0.2) is 0 Å². The lowest BCUT2D eigenvalue weighted by Crippen LogP contribution is -2.55. The van der Waals surface area contributed by atoms with Gasteiger partial charge in [0.1, 0.15) is 11.9 Å². The predicted octanol–water partition coefficient (Wildman–Crippen LogP) is 0.889. The number of piperazine rings is 1. The molecule has 1 aromatic carbocycles. The lowest BCUT2D eigenvalue weighted by atomic mass is 10.1. The highest BCUT2D eigenvalue weighted by molar-refractivity contribution is 5.81. The summed E-state index contributed by atoms with van der Waals surface area (Å²) in [6, 6.07) is 8.52. The number of hydrogen-bond acceptors (Lipinski definition) is 5. The molecule has 2 heterocycles. The molecule has 2 aliphatic rings. The highest BCUT2D eigenvalue weighted by Gasteiger charge is 2.30. The highest BCUT2D eigenvalue weighted by Crippen LogP contribution is 2.25. The minimum atomic E-state index is -0.318. The molecule has 3 rings (SSSR count). The van der Waals surface area contributed by atoms with E-state index in [0.29, 0.717) is 19.2 Å². The molecule has 0 bridgehead atoms. The molecule has 2 atom stereocenters. The Morgan fingerprint density at radius 3 is 2.79 bits per heavy atom. The van der Waals surface area contributed by atoms with E-state index in [2.05, 4.69) is 29.3 Å². The number of hydrogen-bond donors (Lipinski definition) is 1. The molecule has 2 aliphatic heterocycles. The maximum atomic E-state index is 12.5. The Labute approximate surface area is 143 Å². The van der Waals surface area contributed by atoms with Crippen LogP contribution in [0.5, 0.6) is 5.75 Å². The Bertz CT molecular complexity index is 552. The molecule has 0 spiro atoms. The van der Waals surface area contributed by atoms with Gasteiger partial charge in [-0.05, 0) is 24.6 Å². The van der Waals surface area contributed by atoms with Gasteiger partial charge in [0.25, 0.3) is 5.91 Å². The fourth-order valence-corrected chi connectivity index (χ4v) is 3.37. The van der Waals surface area contributed by atoms with Crippen LogP contribution in [0.3, 0.4) is 0 Å². The second kappa shape index (κ2) is 7.96. The van der Waals surface area contributed by atoms with Crippen LogP contribution in [0.1, 0.15) is 18.5 Å². The second-order valence-electron chi connectivity index (χ2n) is 6.38. The highest BCUT2D eigenvalue weighted by atomic mass is 16.5. The molecule has 2 unspecified atom stereocenters. The summed E-state index contributed by atoms with van der Waals surface area (Å²) < 4.78 is 10.9. The molecule has 6 heteroatoms. The van der Waals surface area contributed by atoms with Gasteiger partial charge in [0.2, 0.25) is 0 Å². The molecule has 2 saturated heterocycles. The molecule has 132 valence electrons. The van der Waals surface area contributed by atoms with E-state index in [9.17, 15) is 4.79 Å². The topological polar surface area (TPSA) is 54.0 Å². The maximum Gasteiger partial charge on any atom is 0.253 e. The van der Waals surface area contributed by atoms with E-state index in [-0.39, 0.29) is 12.0 Å². The van der Waals surface area contributed by atoms with Gasteiger partial charge < -0.3 is 19.7 Å². The molecule has 0 aromatic heterocycles. The number of carbonyl (C=O) groups excluding carboxylic acids is 1. The molecule has 24 heavy (non-hydrogen) atoms. The largest absolute Gasteiger partial charge is 0.497 e. The van der Waals surface area contributed by atoms with Crippen molar-refractivity contribution in [2.45, 2.75) is 19.1 Å². The van der Waals surface area contributed by atoms with E-state index in [1.807, 2.05) is 17.0 Å². The average molecular weight is 333 g/mol. The van der Waals surface area contributed by atoms with Crippen molar-refractivity contribution in [3.63, 3.8) is 0 Å². The second-order valence-corrected chi connectivity index (χ2v) is 6.38. The Kier molecular flexibility index (Phi) is 5.71. The standard InChI is InChI=1S/C18H27N3O3/c1-14(15-4-3-5-16(12-15)23-2)20-7-9-21(10-8-20)18(22)17-13-19-6-11-24-17/h3-5,12,14,17,19H,6-11,13H2,1-2H3. The first-order chi connectivity index (χ1) is 11.7. The van der Waals surface area contributed by atoms with Gasteiger partial charge >= 0.3 is 0 Å². The van der Waals surface area contributed by atoms with Crippen molar-refractivity contribution in [2.75, 3.05) is 53.0 Å². The predicted molar refractivity (Wildman–Crippen MR) is 92.2 cm³/mol. The zero-order valence-corrected chi connectivity index (χ0v) is 14.5. The molecule has 1 amide bonds. The van der Waals surface area contributed by atoms with Crippen LogP contribution in [0.4, 0.5) is 0 Å². The number of carbonyl (C=O) groups is 1. The summed E-state index contributed by atoms with van der Waals surface area (Å²) >= 11 is 0. The molecular weight excluding hydrogens is 306 g/mol. The van der Waals surface area contributed by atoms with E-state index in [0.717, 1.165) is 38.5 Å². The van der Waals surface area contributed by atoms with Crippen molar-refractivity contribution in [1.82, 2.24) is 15.1 Å². The third kappa shape index (κ3) is 3.88. The van der Waals surface area contributed by atoms with Gasteiger partial charge in [0.15, 0.2) is 0 Å². The number of benzene rings is 1. The molecule has 0 radical (unpaired) electrons. The Morgan fingerprint density at radius 2 is 2.12 bits per heavy atom. The van der Waals surface area contributed by atoms with Crippen LogP contribution in [0, 0.1) is 0 Å². The molecule has 0 saturated carbocycles. The van der Waals surface area contributed by atoms with Crippen LogP contribution in [-0.2, 0) is 9.53 Å². The normalized spacial score (nSPS) is 23.8. The van der Waals surface area contributed by atoms with Crippen molar-refractivity contribution < 1.29 is 14.3 Å². The smallest absolute Gasteiger partial charge is 0.253 e. The van der Waals surface area contributed by atoms with Gasteiger partial charge in [-0.15, -0.1) is 0 Å². The average Bonchev–Trinajstić information content (AvgIpc) is 2.67. The number of methoxy groups -OCH3 is 1. The fraction of sp³-hybridized carbons (Fsp3) is 0.611. The zero-order chi connectivity index (χ0) is 16.9. The van der Waals surface area contributed by atoms with Crippen LogP contribution in [0.25, 0.3) is 0 Å². The first-order valence-corrected chi connectivity index (χ1v) is 8.68.